The van der Waals surface area contributed by atoms with E-state index in [0.717, 1.165) is 11.1 Å². The monoisotopic (exact) mass is 536 g/mol. The van der Waals surface area contributed by atoms with Crippen molar-refractivity contribution in [1.29, 1.82) is 0 Å². The third kappa shape index (κ3) is 8.05. The van der Waals surface area contributed by atoms with Crippen LogP contribution in [0.15, 0.2) is 48.5 Å². The minimum Gasteiger partial charge on any atom is -0.444 e. The molecular weight excluding hydrogens is 496 g/mol. The van der Waals surface area contributed by atoms with Crippen LogP contribution in [0.5, 0.6) is 0 Å². The highest BCUT2D eigenvalue weighted by Crippen LogP contribution is 2.41. The van der Waals surface area contributed by atoms with Crippen molar-refractivity contribution in [1.82, 2.24) is 10.2 Å². The van der Waals surface area contributed by atoms with Gasteiger partial charge in [-0.2, -0.15) is 0 Å². The standard InChI is InChI=1S/C30H40N4O5/c1-18-11-7-9-13-21(18)26(27(36)32-22-14-10-8-12-19(22)2)34(24-17-20(24)3)28(37)23(15-16-25(31)35)33-29(38)39-30(4,5)6/h7-14,20,23-24,26H,15-17H2,1-6H3,(H2,31,35)(H,32,36)(H,33,38). The summed E-state index contributed by atoms with van der Waals surface area (Å²) in [5, 5.41) is 5.64. The summed E-state index contributed by atoms with van der Waals surface area (Å²) in [6.45, 7) is 11.0. The number of nitrogens with zero attached hydrogens (tertiary/aromatic N) is 1. The van der Waals surface area contributed by atoms with Crippen LogP contribution in [-0.4, -0.2) is 46.4 Å². The van der Waals surface area contributed by atoms with E-state index in [4.69, 9.17) is 10.5 Å². The van der Waals surface area contributed by atoms with Crippen LogP contribution in [0.1, 0.15) is 69.7 Å². The van der Waals surface area contributed by atoms with E-state index in [2.05, 4.69) is 10.6 Å². The van der Waals surface area contributed by atoms with Crippen molar-refractivity contribution in [3.05, 3.63) is 65.2 Å². The first-order valence-corrected chi connectivity index (χ1v) is 13.3. The number of hydrogen-bond acceptors (Lipinski definition) is 5. The summed E-state index contributed by atoms with van der Waals surface area (Å²) < 4.78 is 5.39. The zero-order chi connectivity index (χ0) is 28.9. The molecule has 4 amide bonds. The van der Waals surface area contributed by atoms with Crippen LogP contribution >= 0.6 is 0 Å². The van der Waals surface area contributed by atoms with Crippen LogP contribution in [0.3, 0.4) is 0 Å². The molecule has 0 saturated heterocycles. The van der Waals surface area contributed by atoms with Gasteiger partial charge in [0.1, 0.15) is 17.7 Å². The summed E-state index contributed by atoms with van der Waals surface area (Å²) in [5.41, 5.74) is 7.67. The summed E-state index contributed by atoms with van der Waals surface area (Å²) in [7, 11) is 0. The summed E-state index contributed by atoms with van der Waals surface area (Å²) in [4.78, 5) is 54.2. The average molecular weight is 537 g/mol. The van der Waals surface area contributed by atoms with E-state index in [-0.39, 0.29) is 30.7 Å². The minimum atomic E-state index is -1.11. The van der Waals surface area contributed by atoms with Gasteiger partial charge in [-0.05, 0) is 76.1 Å². The summed E-state index contributed by atoms with van der Waals surface area (Å²) >= 11 is 0. The van der Waals surface area contributed by atoms with Crippen LogP contribution in [0, 0.1) is 19.8 Å². The molecule has 2 aromatic rings. The van der Waals surface area contributed by atoms with Gasteiger partial charge in [0.05, 0.1) is 0 Å². The van der Waals surface area contributed by atoms with Crippen LogP contribution in [0.4, 0.5) is 10.5 Å². The fraction of sp³-hybridized carbons (Fsp3) is 0.467. The van der Waals surface area contributed by atoms with Crippen molar-refractivity contribution in [2.24, 2.45) is 11.7 Å². The number of hydrogen-bond donors (Lipinski definition) is 3. The Morgan fingerprint density at radius 1 is 1.03 bits per heavy atom. The number of carbonyl (C=O) groups is 4. The largest absolute Gasteiger partial charge is 0.444 e. The molecule has 4 unspecified atom stereocenters. The van der Waals surface area contributed by atoms with Crippen molar-refractivity contribution in [3.8, 4) is 0 Å². The van der Waals surface area contributed by atoms with Gasteiger partial charge in [0.2, 0.25) is 11.8 Å². The average Bonchev–Trinajstić information content (AvgIpc) is 3.56. The SMILES string of the molecule is Cc1ccccc1NC(=O)C(c1ccccc1C)N(C(=O)C(CCC(N)=O)NC(=O)OC(C)(C)C)C1CC1C. The highest BCUT2D eigenvalue weighted by atomic mass is 16.6. The highest BCUT2D eigenvalue weighted by molar-refractivity contribution is 6.00. The molecule has 9 heteroatoms. The van der Waals surface area contributed by atoms with E-state index < -0.39 is 35.6 Å². The van der Waals surface area contributed by atoms with E-state index in [1.165, 1.54) is 0 Å². The summed E-state index contributed by atoms with van der Waals surface area (Å²) in [6, 6.07) is 12.6. The number of benzene rings is 2. The maximum atomic E-state index is 14.3. The Balaban J connectivity index is 2.04. The molecule has 1 saturated carbocycles. The number of anilines is 1. The van der Waals surface area contributed by atoms with Gasteiger partial charge in [-0.25, -0.2) is 4.79 Å². The number of ether oxygens (including phenoxy) is 1. The fourth-order valence-electron chi connectivity index (χ4n) is 4.57. The second-order valence-corrected chi connectivity index (χ2v) is 11.3. The Morgan fingerprint density at radius 3 is 2.15 bits per heavy atom. The fourth-order valence-corrected chi connectivity index (χ4v) is 4.57. The number of amides is 4. The molecule has 39 heavy (non-hydrogen) atoms. The summed E-state index contributed by atoms with van der Waals surface area (Å²) in [5.74, 6) is -1.27. The lowest BCUT2D eigenvalue weighted by Gasteiger charge is -2.35. The Labute approximate surface area is 230 Å². The molecule has 1 aliphatic carbocycles. The number of aryl methyl sites for hydroxylation is 2. The molecule has 0 aromatic heterocycles. The van der Waals surface area contributed by atoms with E-state index >= 15 is 0 Å². The Morgan fingerprint density at radius 2 is 1.62 bits per heavy atom. The van der Waals surface area contributed by atoms with E-state index in [0.29, 0.717) is 17.7 Å². The number of para-hydroxylation sites is 1. The number of primary amides is 1. The molecule has 3 rings (SSSR count). The quantitative estimate of drug-likeness (QED) is 0.415. The number of nitrogens with two attached hydrogens (primary N) is 1. The maximum absolute atomic E-state index is 14.3. The van der Waals surface area contributed by atoms with Gasteiger partial charge in [0.15, 0.2) is 0 Å². The highest BCUT2D eigenvalue weighted by Gasteiger charge is 2.48. The van der Waals surface area contributed by atoms with Crippen LogP contribution in [0.2, 0.25) is 0 Å². The molecule has 0 radical (unpaired) electrons. The first-order chi connectivity index (χ1) is 18.3. The molecule has 0 bridgehead atoms. The normalized spacial score (nSPS) is 17.9. The van der Waals surface area contributed by atoms with Crippen molar-refractivity contribution in [2.45, 2.75) is 84.5 Å². The number of rotatable bonds is 10. The van der Waals surface area contributed by atoms with Crippen molar-refractivity contribution in [2.75, 3.05) is 5.32 Å². The molecule has 4 N–H and O–H groups in total. The molecule has 0 aliphatic heterocycles. The lowest BCUT2D eigenvalue weighted by molar-refractivity contribution is -0.142. The number of nitrogens with one attached hydrogen (secondary N) is 2. The van der Waals surface area contributed by atoms with Gasteiger partial charge in [-0.1, -0.05) is 49.4 Å². The Kier molecular flexibility index (Phi) is 9.37. The number of alkyl carbamates (subject to hydrolysis) is 1. The topological polar surface area (TPSA) is 131 Å². The molecular formula is C30H40N4O5. The van der Waals surface area contributed by atoms with Gasteiger partial charge in [0.25, 0.3) is 5.91 Å². The Hall–Kier alpha value is -3.88. The van der Waals surface area contributed by atoms with E-state index in [1.807, 2.05) is 69.3 Å². The van der Waals surface area contributed by atoms with Crippen molar-refractivity contribution in [3.63, 3.8) is 0 Å². The van der Waals surface area contributed by atoms with Gasteiger partial charge >= 0.3 is 6.09 Å². The second kappa shape index (κ2) is 12.3. The Bertz CT molecular complexity index is 1220. The molecule has 4 atom stereocenters. The first kappa shape index (κ1) is 29.7. The molecule has 1 fully saturated rings. The predicted octanol–water partition coefficient (Wildman–Crippen LogP) is 4.38. The van der Waals surface area contributed by atoms with Crippen molar-refractivity contribution < 1.29 is 23.9 Å². The van der Waals surface area contributed by atoms with Crippen LogP contribution in [0.25, 0.3) is 0 Å². The second-order valence-electron chi connectivity index (χ2n) is 11.3. The van der Waals surface area contributed by atoms with Gasteiger partial charge < -0.3 is 26.0 Å². The molecule has 0 spiro atoms. The minimum absolute atomic E-state index is 0.0229. The predicted molar refractivity (Wildman–Crippen MR) is 150 cm³/mol. The van der Waals surface area contributed by atoms with Gasteiger partial charge in [-0.15, -0.1) is 0 Å². The molecule has 9 nitrogen and oxygen atoms in total. The van der Waals surface area contributed by atoms with E-state index in [9.17, 15) is 19.2 Å². The maximum Gasteiger partial charge on any atom is 0.408 e. The number of carbonyl (C=O) groups excluding carboxylic acids is 4. The van der Waals surface area contributed by atoms with Crippen molar-refractivity contribution >= 4 is 29.5 Å². The van der Waals surface area contributed by atoms with Crippen LogP contribution in [-0.2, 0) is 19.1 Å². The zero-order valence-corrected chi connectivity index (χ0v) is 23.6. The third-order valence-corrected chi connectivity index (χ3v) is 6.76. The third-order valence-electron chi connectivity index (χ3n) is 6.76. The molecule has 0 heterocycles. The van der Waals surface area contributed by atoms with Crippen LogP contribution < -0.4 is 16.4 Å². The van der Waals surface area contributed by atoms with Gasteiger partial charge in [-0.3, -0.25) is 14.4 Å². The molecule has 2 aromatic carbocycles. The molecule has 210 valence electrons. The lowest BCUT2D eigenvalue weighted by atomic mass is 9.97. The zero-order valence-electron chi connectivity index (χ0n) is 23.6. The van der Waals surface area contributed by atoms with Gasteiger partial charge in [0, 0.05) is 18.2 Å². The van der Waals surface area contributed by atoms with E-state index in [1.54, 1.807) is 25.7 Å². The lowest BCUT2D eigenvalue weighted by Crippen LogP contribution is -2.53. The molecule has 1 aliphatic rings. The smallest absolute Gasteiger partial charge is 0.408 e. The first-order valence-electron chi connectivity index (χ1n) is 13.3. The summed E-state index contributed by atoms with van der Waals surface area (Å²) in [6.07, 6.45) is -0.220.